The summed E-state index contributed by atoms with van der Waals surface area (Å²) in [5.41, 5.74) is -0.239. The molecular weight excluding hydrogens is 423 g/mol. The molecule has 2 heterocycles. The van der Waals surface area contributed by atoms with Crippen molar-refractivity contribution in [2.24, 2.45) is 0 Å². The summed E-state index contributed by atoms with van der Waals surface area (Å²) >= 11 is 5.84. The van der Waals surface area contributed by atoms with Gasteiger partial charge in [0.15, 0.2) is 0 Å². The number of aromatic nitrogens is 3. The maximum absolute atomic E-state index is 13.6. The molecule has 2 aromatic heterocycles. The summed E-state index contributed by atoms with van der Waals surface area (Å²) in [4.78, 5) is 42.9. The number of hydrogen-bond acceptors (Lipinski definition) is 4. The Balaban J connectivity index is 1.77. The van der Waals surface area contributed by atoms with Crippen LogP contribution in [0.15, 0.2) is 76.4 Å². The number of pyridine rings is 1. The molecule has 0 spiro atoms. The van der Waals surface area contributed by atoms with Crippen molar-refractivity contribution in [3.8, 4) is 5.69 Å². The number of fused-ring (bicyclic) bond motifs is 1. The van der Waals surface area contributed by atoms with Crippen molar-refractivity contribution in [1.29, 1.82) is 0 Å². The molecule has 31 heavy (non-hydrogen) atoms. The molecule has 156 valence electrons. The van der Waals surface area contributed by atoms with Crippen LogP contribution in [0.25, 0.3) is 16.6 Å². The van der Waals surface area contributed by atoms with E-state index in [9.17, 15) is 18.8 Å². The quantitative estimate of drug-likeness (QED) is 0.519. The van der Waals surface area contributed by atoms with Crippen molar-refractivity contribution < 1.29 is 9.18 Å². The third kappa shape index (κ3) is 4.10. The molecule has 0 unspecified atom stereocenters. The van der Waals surface area contributed by atoms with E-state index in [1.54, 1.807) is 48.7 Å². The van der Waals surface area contributed by atoms with Gasteiger partial charge in [0.2, 0.25) is 5.91 Å². The lowest BCUT2D eigenvalue weighted by Gasteiger charge is -2.14. The Morgan fingerprint density at radius 1 is 1.06 bits per heavy atom. The molecule has 0 aliphatic heterocycles. The highest BCUT2D eigenvalue weighted by Crippen LogP contribution is 2.18. The minimum atomic E-state index is -0.737. The Morgan fingerprint density at radius 2 is 1.84 bits per heavy atom. The standard InChI is InChI=1S/C22H16ClFN4O3/c23-17-11-15(8-9-18(17)24)28-21(30)16-6-1-2-7-19(16)27(22(28)31)13-20(29)26-12-14-5-3-4-10-25-14/h1-11H,12-13H2,(H,26,29). The first-order valence-corrected chi connectivity index (χ1v) is 9.70. The SMILES string of the molecule is O=C(Cn1c(=O)n(-c2ccc(F)c(Cl)c2)c(=O)c2ccccc21)NCc1ccccn1. The summed E-state index contributed by atoms with van der Waals surface area (Å²) in [5.74, 6) is -1.10. The molecule has 0 radical (unpaired) electrons. The fraction of sp³-hybridized carbons (Fsp3) is 0.0909. The van der Waals surface area contributed by atoms with Gasteiger partial charge in [-0.15, -0.1) is 0 Å². The molecular formula is C22H16ClFN4O3. The van der Waals surface area contributed by atoms with Crippen LogP contribution in [0.2, 0.25) is 5.02 Å². The number of benzene rings is 2. The Labute approximate surface area is 180 Å². The van der Waals surface area contributed by atoms with Gasteiger partial charge in [-0.1, -0.05) is 29.8 Å². The van der Waals surface area contributed by atoms with Gasteiger partial charge in [0.25, 0.3) is 5.56 Å². The number of para-hydroxylation sites is 1. The average Bonchev–Trinajstić information content (AvgIpc) is 2.78. The van der Waals surface area contributed by atoms with Crippen LogP contribution in [-0.4, -0.2) is 20.0 Å². The van der Waals surface area contributed by atoms with Gasteiger partial charge in [0, 0.05) is 6.20 Å². The first-order chi connectivity index (χ1) is 15.0. The minimum absolute atomic E-state index is 0.106. The highest BCUT2D eigenvalue weighted by Gasteiger charge is 2.17. The summed E-state index contributed by atoms with van der Waals surface area (Å²) < 4.78 is 15.7. The predicted octanol–water partition coefficient (Wildman–Crippen LogP) is 2.66. The molecule has 0 bridgehead atoms. The fourth-order valence-corrected chi connectivity index (χ4v) is 3.39. The van der Waals surface area contributed by atoms with Crippen LogP contribution in [0.1, 0.15) is 5.69 Å². The van der Waals surface area contributed by atoms with Crippen LogP contribution in [0, 0.1) is 5.82 Å². The van der Waals surface area contributed by atoms with Gasteiger partial charge in [-0.25, -0.2) is 13.8 Å². The Hall–Kier alpha value is -3.78. The van der Waals surface area contributed by atoms with Crippen LogP contribution in [-0.2, 0) is 17.9 Å². The van der Waals surface area contributed by atoms with E-state index in [4.69, 9.17) is 11.6 Å². The minimum Gasteiger partial charge on any atom is -0.349 e. The fourth-order valence-electron chi connectivity index (χ4n) is 3.22. The topological polar surface area (TPSA) is 86.0 Å². The first-order valence-electron chi connectivity index (χ1n) is 9.32. The van der Waals surface area contributed by atoms with E-state index >= 15 is 0 Å². The molecule has 0 aliphatic carbocycles. The smallest absolute Gasteiger partial charge is 0.336 e. The zero-order chi connectivity index (χ0) is 22.0. The first kappa shape index (κ1) is 20.5. The summed E-state index contributed by atoms with van der Waals surface area (Å²) in [6, 6.07) is 15.3. The molecule has 1 amide bonds. The highest BCUT2D eigenvalue weighted by molar-refractivity contribution is 6.30. The lowest BCUT2D eigenvalue weighted by molar-refractivity contribution is -0.121. The van der Waals surface area contributed by atoms with E-state index in [0.717, 1.165) is 10.6 Å². The average molecular weight is 439 g/mol. The number of carbonyl (C=O) groups is 1. The third-order valence-corrected chi connectivity index (χ3v) is 5.00. The molecule has 2 aromatic carbocycles. The van der Waals surface area contributed by atoms with Crippen molar-refractivity contribution in [3.63, 3.8) is 0 Å². The second-order valence-electron chi connectivity index (χ2n) is 6.72. The van der Waals surface area contributed by atoms with E-state index < -0.39 is 23.0 Å². The number of nitrogens with zero attached hydrogens (tertiary/aromatic N) is 3. The van der Waals surface area contributed by atoms with Crippen molar-refractivity contribution in [2.75, 3.05) is 0 Å². The summed E-state index contributed by atoms with van der Waals surface area (Å²) in [6.45, 7) is -0.124. The van der Waals surface area contributed by atoms with Gasteiger partial charge in [0.1, 0.15) is 12.4 Å². The van der Waals surface area contributed by atoms with E-state index in [2.05, 4.69) is 10.3 Å². The maximum atomic E-state index is 13.6. The number of carbonyl (C=O) groups excluding carboxylic acids is 1. The van der Waals surface area contributed by atoms with Crippen molar-refractivity contribution in [3.05, 3.63) is 104 Å². The lowest BCUT2D eigenvalue weighted by Crippen LogP contribution is -2.41. The van der Waals surface area contributed by atoms with E-state index in [0.29, 0.717) is 11.2 Å². The van der Waals surface area contributed by atoms with Crippen LogP contribution in [0.3, 0.4) is 0 Å². The van der Waals surface area contributed by atoms with Gasteiger partial charge < -0.3 is 5.32 Å². The zero-order valence-corrected chi connectivity index (χ0v) is 16.8. The number of halogens is 2. The summed E-state index contributed by atoms with van der Waals surface area (Å²) in [7, 11) is 0. The number of rotatable bonds is 5. The summed E-state index contributed by atoms with van der Waals surface area (Å²) in [6.07, 6.45) is 1.61. The number of amides is 1. The molecule has 4 rings (SSSR count). The van der Waals surface area contributed by atoms with Crippen LogP contribution < -0.4 is 16.6 Å². The largest absolute Gasteiger partial charge is 0.349 e. The molecule has 0 saturated carbocycles. The van der Waals surface area contributed by atoms with Crippen LogP contribution in [0.5, 0.6) is 0 Å². The van der Waals surface area contributed by atoms with Crippen molar-refractivity contribution in [1.82, 2.24) is 19.4 Å². The second kappa shape index (κ2) is 8.53. The summed E-state index contributed by atoms with van der Waals surface area (Å²) in [5, 5.41) is 2.72. The van der Waals surface area contributed by atoms with Gasteiger partial charge in [0.05, 0.1) is 33.9 Å². The Kier molecular flexibility index (Phi) is 5.64. The molecule has 1 N–H and O–H groups in total. The van der Waals surface area contributed by atoms with Gasteiger partial charge in [-0.3, -0.25) is 19.1 Å². The van der Waals surface area contributed by atoms with Crippen molar-refractivity contribution >= 4 is 28.4 Å². The monoisotopic (exact) mass is 438 g/mol. The van der Waals surface area contributed by atoms with E-state index in [1.165, 1.54) is 16.7 Å². The maximum Gasteiger partial charge on any atom is 0.336 e. The van der Waals surface area contributed by atoms with Crippen LogP contribution in [0.4, 0.5) is 4.39 Å². The third-order valence-electron chi connectivity index (χ3n) is 4.71. The molecule has 0 fully saturated rings. The normalized spacial score (nSPS) is 10.9. The molecule has 4 aromatic rings. The Bertz CT molecular complexity index is 1400. The van der Waals surface area contributed by atoms with E-state index in [1.807, 2.05) is 0 Å². The highest BCUT2D eigenvalue weighted by atomic mass is 35.5. The zero-order valence-electron chi connectivity index (χ0n) is 16.1. The lowest BCUT2D eigenvalue weighted by atomic mass is 10.2. The predicted molar refractivity (Wildman–Crippen MR) is 115 cm³/mol. The molecule has 7 nitrogen and oxygen atoms in total. The molecule has 0 atom stereocenters. The van der Waals surface area contributed by atoms with Crippen LogP contribution >= 0.6 is 11.6 Å². The van der Waals surface area contributed by atoms with Gasteiger partial charge in [-0.2, -0.15) is 0 Å². The molecule has 0 aliphatic rings. The van der Waals surface area contributed by atoms with Crippen molar-refractivity contribution in [2.45, 2.75) is 13.1 Å². The number of hydrogen-bond donors (Lipinski definition) is 1. The molecule has 9 heteroatoms. The van der Waals surface area contributed by atoms with Gasteiger partial charge in [-0.05, 0) is 42.5 Å². The Morgan fingerprint density at radius 3 is 2.58 bits per heavy atom. The second-order valence-corrected chi connectivity index (χ2v) is 7.13. The van der Waals surface area contributed by atoms with E-state index in [-0.39, 0.29) is 29.2 Å². The number of nitrogens with one attached hydrogen (secondary N) is 1. The molecule has 0 saturated heterocycles. The van der Waals surface area contributed by atoms with Gasteiger partial charge >= 0.3 is 5.69 Å².